The number of cyclic esters (lactones) is 1. The molecule has 4 rings (SSSR count). The number of halogens is 7. The lowest BCUT2D eigenvalue weighted by Crippen LogP contribution is -2.30. The molecule has 2 aromatic carbocycles. The first-order chi connectivity index (χ1) is 24.9. The van der Waals surface area contributed by atoms with E-state index in [0.717, 1.165) is 12.1 Å². The molecule has 288 valence electrons. The highest BCUT2D eigenvalue weighted by atomic mass is 79.9. The Labute approximate surface area is 322 Å². The number of dihydropyridines is 1. The normalized spacial score (nSPS) is 14.4. The van der Waals surface area contributed by atoms with Crippen LogP contribution in [0.4, 0.5) is 17.6 Å². The summed E-state index contributed by atoms with van der Waals surface area (Å²) >= 11 is 11.0. The van der Waals surface area contributed by atoms with E-state index in [1.165, 1.54) is 20.3 Å². The standard InChI is InChI=1S/C16H12BrF2NO4.C7H3BrF2O.C6H9ClO3.C5H9NO2/c1-6-11(15(21)23-2)12(13-10(20-6)5-24-16(13)22)8-3-7(18)4-9(19)14(8)17;8-7-4(3-11)1-5(9)2-6(7)10;1-2-10-6(9)3-5(8)4-7;1-4(6)3-5(7)8-2/h3-4,12,20H,5H2,1-2H3;1-3H;2-4H2,1H3;3H,6H2,1-2H3/b;;;4-3-/t12-;;;/m0.../s1. The highest BCUT2D eigenvalue weighted by Gasteiger charge is 2.43. The molecule has 2 aliphatic rings. The predicted molar refractivity (Wildman–Crippen MR) is 189 cm³/mol. The Balaban J connectivity index is 0.000000404. The second-order valence-electron chi connectivity index (χ2n) is 10.3. The van der Waals surface area contributed by atoms with Crippen LogP contribution in [0.3, 0.4) is 0 Å². The third-order valence-corrected chi connectivity index (χ3v) is 8.41. The fourth-order valence-corrected chi connectivity index (χ4v) is 5.15. The van der Waals surface area contributed by atoms with Crippen molar-refractivity contribution in [2.75, 3.05) is 33.3 Å². The number of rotatable bonds is 8. The summed E-state index contributed by atoms with van der Waals surface area (Å²) in [5.74, 6) is -6.88. The highest BCUT2D eigenvalue weighted by molar-refractivity contribution is 9.10. The van der Waals surface area contributed by atoms with E-state index in [1.807, 2.05) is 0 Å². The lowest BCUT2D eigenvalue weighted by molar-refractivity contribution is -0.145. The number of benzene rings is 2. The van der Waals surface area contributed by atoms with Gasteiger partial charge in [0, 0.05) is 35.2 Å². The third kappa shape index (κ3) is 14.1. The van der Waals surface area contributed by atoms with Crippen molar-refractivity contribution in [2.24, 2.45) is 5.73 Å². The topological polar surface area (TPSA) is 177 Å². The van der Waals surface area contributed by atoms with Gasteiger partial charge in [-0.1, -0.05) is 0 Å². The number of allylic oxidation sites excluding steroid dienone is 2. The minimum absolute atomic E-state index is 0.00565. The van der Waals surface area contributed by atoms with Crippen molar-refractivity contribution in [1.29, 1.82) is 0 Å². The van der Waals surface area contributed by atoms with E-state index in [-0.39, 0.29) is 55.9 Å². The molecule has 0 spiro atoms. The van der Waals surface area contributed by atoms with Crippen LogP contribution in [0.25, 0.3) is 0 Å². The monoisotopic (exact) mass is 898 g/mol. The largest absolute Gasteiger partial charge is 0.466 e. The van der Waals surface area contributed by atoms with Crippen LogP contribution in [0.15, 0.2) is 67.5 Å². The van der Waals surface area contributed by atoms with E-state index in [4.69, 9.17) is 26.8 Å². The number of carbonyl (C=O) groups is 6. The van der Waals surface area contributed by atoms with Crippen LogP contribution in [0, 0.1) is 23.3 Å². The molecule has 0 amide bonds. The van der Waals surface area contributed by atoms with Crippen molar-refractivity contribution in [3.63, 3.8) is 0 Å². The maximum atomic E-state index is 14.0. The molecule has 0 radical (unpaired) electrons. The SMILES string of the molecule is CCOC(=O)CC(=O)CCl.COC(=O)/C=C(/C)N.COC(=O)C1=C(C)NC2=C(C(=O)OC2)[C@H]1c1cc(F)cc(F)c1Br.O=Cc1cc(F)cc(F)c1Br. The zero-order chi connectivity index (χ0) is 40.6. The van der Waals surface area contributed by atoms with Crippen LogP contribution in [-0.4, -0.2) is 69.3 Å². The van der Waals surface area contributed by atoms with Crippen molar-refractivity contribution in [3.05, 3.63) is 102 Å². The minimum atomic E-state index is -0.997. The molecule has 0 unspecified atom stereocenters. The number of methoxy groups -OCH3 is 2. The molecular weight excluding hydrogens is 868 g/mol. The molecule has 19 heteroatoms. The van der Waals surface area contributed by atoms with Crippen molar-refractivity contribution >= 4 is 79.4 Å². The van der Waals surface area contributed by atoms with E-state index in [9.17, 15) is 46.3 Å². The fraction of sp³-hybridized carbons (Fsp3) is 0.294. The quantitative estimate of drug-likeness (QED) is 0.0464. The number of ether oxygens (including phenoxy) is 4. The van der Waals surface area contributed by atoms with Crippen molar-refractivity contribution in [3.8, 4) is 0 Å². The Kier molecular flexibility index (Phi) is 19.7. The molecule has 53 heavy (non-hydrogen) atoms. The summed E-state index contributed by atoms with van der Waals surface area (Å²) in [6.45, 7) is 5.23. The van der Waals surface area contributed by atoms with E-state index in [1.54, 1.807) is 20.8 Å². The van der Waals surface area contributed by atoms with Gasteiger partial charge in [-0.3, -0.25) is 14.4 Å². The number of hydrogen-bond donors (Lipinski definition) is 2. The van der Waals surface area contributed by atoms with Crippen LogP contribution >= 0.6 is 43.5 Å². The number of aldehydes is 1. The lowest BCUT2D eigenvalue weighted by Gasteiger charge is -2.28. The Morgan fingerprint density at radius 2 is 1.60 bits per heavy atom. The Morgan fingerprint density at radius 1 is 1.02 bits per heavy atom. The summed E-state index contributed by atoms with van der Waals surface area (Å²) in [6, 6.07) is 3.46. The average Bonchev–Trinajstić information content (AvgIpc) is 3.46. The van der Waals surface area contributed by atoms with Gasteiger partial charge in [-0.25, -0.2) is 31.9 Å². The van der Waals surface area contributed by atoms with Gasteiger partial charge in [0.1, 0.15) is 36.3 Å². The number of ketones is 1. The maximum absolute atomic E-state index is 14.0. The number of alkyl halides is 1. The van der Waals surface area contributed by atoms with Gasteiger partial charge in [0.15, 0.2) is 12.1 Å². The van der Waals surface area contributed by atoms with Crippen molar-refractivity contribution < 1.29 is 65.3 Å². The molecule has 0 saturated carbocycles. The summed E-state index contributed by atoms with van der Waals surface area (Å²) in [4.78, 5) is 65.8. The molecule has 0 bridgehead atoms. The first-order valence-electron chi connectivity index (χ1n) is 14.8. The molecule has 3 N–H and O–H groups in total. The van der Waals surface area contributed by atoms with Crippen LogP contribution in [0.1, 0.15) is 49.0 Å². The molecule has 2 aromatic rings. The average molecular weight is 901 g/mol. The van der Waals surface area contributed by atoms with Crippen molar-refractivity contribution in [1.82, 2.24) is 5.32 Å². The second-order valence-corrected chi connectivity index (χ2v) is 12.2. The number of carbonyl (C=O) groups excluding carboxylic acids is 6. The molecule has 0 fully saturated rings. The summed E-state index contributed by atoms with van der Waals surface area (Å²) in [5.41, 5.74) is 6.81. The van der Waals surface area contributed by atoms with Gasteiger partial charge in [-0.15, -0.1) is 11.6 Å². The number of nitrogens with two attached hydrogens (primary N) is 1. The summed E-state index contributed by atoms with van der Waals surface area (Å²) in [7, 11) is 2.50. The molecular formula is C34H33Br2ClF4N2O10. The van der Waals surface area contributed by atoms with Gasteiger partial charge in [0.2, 0.25) is 0 Å². The zero-order valence-corrected chi connectivity index (χ0v) is 32.6. The van der Waals surface area contributed by atoms with Gasteiger partial charge in [-0.05, 0) is 70.3 Å². The van der Waals surface area contributed by atoms with E-state index >= 15 is 0 Å². The molecule has 0 saturated heterocycles. The number of hydrogen-bond acceptors (Lipinski definition) is 12. The Bertz CT molecular complexity index is 1830. The van der Waals surface area contributed by atoms with E-state index in [2.05, 4.69) is 46.7 Å². The third-order valence-electron chi connectivity index (χ3n) is 6.44. The zero-order valence-electron chi connectivity index (χ0n) is 28.7. The predicted octanol–water partition coefficient (Wildman–Crippen LogP) is 5.98. The molecule has 2 aliphatic heterocycles. The van der Waals surface area contributed by atoms with Crippen LogP contribution < -0.4 is 11.1 Å². The minimum Gasteiger partial charge on any atom is -0.466 e. The maximum Gasteiger partial charge on any atom is 0.337 e. The first-order valence-corrected chi connectivity index (χ1v) is 16.9. The van der Waals surface area contributed by atoms with Gasteiger partial charge >= 0.3 is 23.9 Å². The molecule has 0 aliphatic carbocycles. The van der Waals surface area contributed by atoms with Crippen molar-refractivity contribution in [2.45, 2.75) is 33.1 Å². The number of esters is 4. The first kappa shape index (κ1) is 46.5. The molecule has 0 aromatic heterocycles. The fourth-order valence-electron chi connectivity index (χ4n) is 4.27. The Morgan fingerprint density at radius 3 is 2.09 bits per heavy atom. The summed E-state index contributed by atoms with van der Waals surface area (Å²) in [6.07, 6.45) is 1.40. The van der Waals surface area contributed by atoms with Crippen LogP contribution in [0.2, 0.25) is 0 Å². The van der Waals surface area contributed by atoms with Gasteiger partial charge in [-0.2, -0.15) is 0 Å². The van der Waals surface area contributed by atoms with E-state index < -0.39 is 53.1 Å². The highest BCUT2D eigenvalue weighted by Crippen LogP contribution is 2.44. The number of nitrogens with one attached hydrogen (secondary N) is 1. The van der Waals surface area contributed by atoms with Gasteiger partial charge in [0.25, 0.3) is 0 Å². The second kappa shape index (κ2) is 22.5. The summed E-state index contributed by atoms with van der Waals surface area (Å²) < 4.78 is 71.2. The number of Topliss-reactive ketones (excluding diaryl/α,β-unsaturated/α-hetero) is 1. The Hall–Kier alpha value is -4.55. The van der Waals surface area contributed by atoms with E-state index in [0.29, 0.717) is 42.1 Å². The smallest absolute Gasteiger partial charge is 0.337 e. The summed E-state index contributed by atoms with van der Waals surface area (Å²) in [5, 5.41) is 2.93. The van der Waals surface area contributed by atoms with Crippen LogP contribution in [0.5, 0.6) is 0 Å². The lowest BCUT2D eigenvalue weighted by atomic mass is 9.81. The molecule has 12 nitrogen and oxygen atoms in total. The molecule has 1 atom stereocenters. The molecule has 2 heterocycles. The van der Waals surface area contributed by atoms with Gasteiger partial charge in [0.05, 0.1) is 58.4 Å². The van der Waals surface area contributed by atoms with Crippen LogP contribution in [-0.2, 0) is 42.9 Å². The van der Waals surface area contributed by atoms with Gasteiger partial charge < -0.3 is 30.0 Å².